The predicted molar refractivity (Wildman–Crippen MR) is 93.3 cm³/mol. The quantitative estimate of drug-likeness (QED) is 0.855. The van der Waals surface area contributed by atoms with Crippen molar-refractivity contribution in [3.8, 4) is 11.4 Å². The summed E-state index contributed by atoms with van der Waals surface area (Å²) in [5.41, 5.74) is 1.78. The third kappa shape index (κ3) is 3.41. The number of likely N-dealkylation sites (tertiary alicyclic amines) is 1. The van der Waals surface area contributed by atoms with Crippen molar-refractivity contribution in [2.75, 3.05) is 13.1 Å². The number of benzene rings is 1. The second-order valence-electron chi connectivity index (χ2n) is 7.06. The zero-order chi connectivity index (χ0) is 17.2. The van der Waals surface area contributed by atoms with Gasteiger partial charge in [-0.1, -0.05) is 6.42 Å². The molecule has 0 bridgehead atoms. The molecule has 2 heterocycles. The molecule has 1 amide bonds. The smallest absolute Gasteiger partial charge is 0.225 e. The fraction of sp³-hybridized carbons (Fsp3) is 0.450. The van der Waals surface area contributed by atoms with Crippen LogP contribution in [0.15, 0.2) is 36.5 Å². The average molecular weight is 339 g/mol. The normalized spacial score (nSPS) is 21.0. The van der Waals surface area contributed by atoms with Gasteiger partial charge in [0.05, 0.1) is 0 Å². The van der Waals surface area contributed by atoms with E-state index >= 15 is 0 Å². The summed E-state index contributed by atoms with van der Waals surface area (Å²) >= 11 is 0. The Labute approximate surface area is 147 Å². The minimum absolute atomic E-state index is 0.249. The van der Waals surface area contributed by atoms with E-state index in [0.717, 1.165) is 50.0 Å². The first-order valence-electron chi connectivity index (χ1n) is 9.08. The van der Waals surface area contributed by atoms with Gasteiger partial charge in [0.2, 0.25) is 5.91 Å². The molecule has 4 nitrogen and oxygen atoms in total. The molecular formula is C20H22FN3O. The topological polar surface area (TPSA) is 46.1 Å². The lowest BCUT2D eigenvalue weighted by Gasteiger charge is -2.37. The maximum absolute atomic E-state index is 13.1. The Morgan fingerprint density at radius 2 is 1.88 bits per heavy atom. The fourth-order valence-electron chi connectivity index (χ4n) is 3.67. The summed E-state index contributed by atoms with van der Waals surface area (Å²) in [6.45, 7) is 1.61. The Hall–Kier alpha value is -2.30. The Balaban J connectivity index is 1.51. The third-order valence-corrected chi connectivity index (χ3v) is 5.39. The van der Waals surface area contributed by atoms with E-state index < -0.39 is 0 Å². The number of rotatable bonds is 3. The van der Waals surface area contributed by atoms with Crippen molar-refractivity contribution in [3.05, 3.63) is 48.0 Å². The molecule has 4 rings (SSSR count). The lowest BCUT2D eigenvalue weighted by atomic mass is 9.83. The summed E-state index contributed by atoms with van der Waals surface area (Å²) < 4.78 is 13.1. The van der Waals surface area contributed by atoms with Crippen LogP contribution in [0.3, 0.4) is 0 Å². The minimum atomic E-state index is -0.266. The van der Waals surface area contributed by atoms with E-state index in [-0.39, 0.29) is 17.7 Å². The highest BCUT2D eigenvalue weighted by atomic mass is 19.1. The summed E-state index contributed by atoms with van der Waals surface area (Å²) in [5, 5.41) is 0. The van der Waals surface area contributed by atoms with Gasteiger partial charge in [0.1, 0.15) is 5.82 Å². The van der Waals surface area contributed by atoms with Crippen LogP contribution in [-0.4, -0.2) is 33.9 Å². The van der Waals surface area contributed by atoms with Crippen LogP contribution < -0.4 is 0 Å². The Bertz CT molecular complexity index is 758. The minimum Gasteiger partial charge on any atom is -0.342 e. The van der Waals surface area contributed by atoms with Crippen molar-refractivity contribution in [3.63, 3.8) is 0 Å². The van der Waals surface area contributed by atoms with Crippen molar-refractivity contribution >= 4 is 5.91 Å². The number of amides is 1. The molecule has 0 spiro atoms. The van der Waals surface area contributed by atoms with Crippen LogP contribution in [0.5, 0.6) is 0 Å². The van der Waals surface area contributed by atoms with E-state index in [1.54, 1.807) is 18.3 Å². The van der Waals surface area contributed by atoms with E-state index in [4.69, 9.17) is 4.98 Å². The first-order chi connectivity index (χ1) is 12.2. The maximum Gasteiger partial charge on any atom is 0.225 e. The van der Waals surface area contributed by atoms with Gasteiger partial charge in [-0.25, -0.2) is 14.4 Å². The monoisotopic (exact) mass is 339 g/mol. The van der Waals surface area contributed by atoms with Gasteiger partial charge in [-0.15, -0.1) is 0 Å². The van der Waals surface area contributed by atoms with Gasteiger partial charge in [-0.2, -0.15) is 0 Å². The largest absolute Gasteiger partial charge is 0.342 e. The van der Waals surface area contributed by atoms with Crippen LogP contribution >= 0.6 is 0 Å². The number of aromatic nitrogens is 2. The fourth-order valence-corrected chi connectivity index (χ4v) is 3.67. The molecule has 25 heavy (non-hydrogen) atoms. The highest BCUT2D eigenvalue weighted by Crippen LogP contribution is 2.32. The van der Waals surface area contributed by atoms with E-state index in [9.17, 15) is 9.18 Å². The highest BCUT2D eigenvalue weighted by Gasteiger charge is 2.32. The van der Waals surface area contributed by atoms with Gasteiger partial charge in [0.15, 0.2) is 5.82 Å². The van der Waals surface area contributed by atoms with Crippen molar-refractivity contribution in [1.29, 1.82) is 0 Å². The molecular weight excluding hydrogens is 317 g/mol. The molecule has 2 aromatic rings. The molecule has 130 valence electrons. The van der Waals surface area contributed by atoms with Crippen LogP contribution in [0.1, 0.15) is 43.7 Å². The number of halogens is 1. The molecule has 5 heteroatoms. The third-order valence-electron chi connectivity index (χ3n) is 5.39. The van der Waals surface area contributed by atoms with E-state index in [1.165, 1.54) is 18.6 Å². The van der Waals surface area contributed by atoms with Gasteiger partial charge in [-0.05, 0) is 56.0 Å². The van der Waals surface area contributed by atoms with E-state index in [1.807, 2.05) is 11.0 Å². The standard InChI is InChI=1S/C20H22FN3O/c21-17-8-6-14(7-9-17)19-22-11-10-18(23-19)16-5-2-12-24(13-16)20(25)15-3-1-4-15/h6-11,15-16H,1-5,12-13H2. The van der Waals surface area contributed by atoms with Crippen molar-refractivity contribution in [1.82, 2.24) is 14.9 Å². The lowest BCUT2D eigenvalue weighted by molar-refractivity contribution is -0.139. The summed E-state index contributed by atoms with van der Waals surface area (Å²) in [5.74, 6) is 1.17. The first kappa shape index (κ1) is 16.2. The molecule has 2 aliphatic rings. The summed E-state index contributed by atoms with van der Waals surface area (Å²) in [4.78, 5) is 23.6. The molecule has 1 saturated carbocycles. The van der Waals surface area contributed by atoms with Crippen LogP contribution in [0.25, 0.3) is 11.4 Å². The Morgan fingerprint density at radius 3 is 2.60 bits per heavy atom. The number of carbonyl (C=O) groups is 1. The van der Waals surface area contributed by atoms with Gasteiger partial charge in [0.25, 0.3) is 0 Å². The zero-order valence-corrected chi connectivity index (χ0v) is 14.2. The lowest BCUT2D eigenvalue weighted by Crippen LogP contribution is -2.44. The van der Waals surface area contributed by atoms with Crippen molar-refractivity contribution in [2.45, 2.75) is 38.0 Å². The molecule has 0 radical (unpaired) electrons. The van der Waals surface area contributed by atoms with Crippen LogP contribution in [-0.2, 0) is 4.79 Å². The van der Waals surface area contributed by atoms with E-state index in [2.05, 4.69) is 4.98 Å². The van der Waals surface area contributed by atoms with E-state index in [0.29, 0.717) is 11.7 Å². The average Bonchev–Trinajstić information content (AvgIpc) is 2.61. The second-order valence-corrected chi connectivity index (χ2v) is 7.06. The zero-order valence-electron chi connectivity index (χ0n) is 14.2. The molecule has 1 aromatic heterocycles. The summed E-state index contributed by atoms with van der Waals surface area (Å²) in [7, 11) is 0. The number of hydrogen-bond donors (Lipinski definition) is 0. The first-order valence-corrected chi connectivity index (χ1v) is 9.08. The molecule has 1 aliphatic carbocycles. The van der Waals surface area contributed by atoms with Gasteiger partial charge < -0.3 is 4.90 Å². The SMILES string of the molecule is O=C(C1CCC1)N1CCCC(c2ccnc(-c3ccc(F)cc3)n2)C1. The van der Waals surface area contributed by atoms with Crippen LogP contribution in [0.2, 0.25) is 0 Å². The van der Waals surface area contributed by atoms with Gasteiger partial charge >= 0.3 is 0 Å². The second kappa shape index (κ2) is 6.90. The molecule has 1 aliphatic heterocycles. The number of nitrogens with zero attached hydrogens (tertiary/aromatic N) is 3. The van der Waals surface area contributed by atoms with Crippen LogP contribution in [0, 0.1) is 11.7 Å². The highest BCUT2D eigenvalue weighted by molar-refractivity contribution is 5.79. The van der Waals surface area contributed by atoms with Crippen molar-refractivity contribution in [2.24, 2.45) is 5.92 Å². The van der Waals surface area contributed by atoms with Crippen molar-refractivity contribution < 1.29 is 9.18 Å². The molecule has 1 atom stereocenters. The molecule has 1 aromatic carbocycles. The predicted octanol–water partition coefficient (Wildman–Crippen LogP) is 3.79. The Kier molecular flexibility index (Phi) is 4.47. The van der Waals surface area contributed by atoms with Gasteiger partial charge in [-0.3, -0.25) is 4.79 Å². The number of hydrogen-bond acceptors (Lipinski definition) is 3. The molecule has 1 unspecified atom stereocenters. The summed E-state index contributed by atoms with van der Waals surface area (Å²) in [6.07, 6.45) is 7.08. The van der Waals surface area contributed by atoms with Gasteiger partial charge in [0, 0.05) is 42.4 Å². The summed E-state index contributed by atoms with van der Waals surface area (Å²) in [6, 6.07) is 8.18. The molecule has 0 N–H and O–H groups in total. The maximum atomic E-state index is 13.1. The van der Waals surface area contributed by atoms with Crippen LogP contribution in [0.4, 0.5) is 4.39 Å². The number of carbonyl (C=O) groups excluding carboxylic acids is 1. The molecule has 2 fully saturated rings. The Morgan fingerprint density at radius 1 is 1.08 bits per heavy atom. The number of piperidine rings is 1. The molecule has 1 saturated heterocycles.